The maximum atomic E-state index is 12.0. The van der Waals surface area contributed by atoms with Crippen molar-refractivity contribution >= 4 is 34.7 Å². The molecule has 1 aromatic rings. The van der Waals surface area contributed by atoms with Gasteiger partial charge in [-0.15, -0.1) is 0 Å². The predicted molar refractivity (Wildman–Crippen MR) is 95.6 cm³/mol. The fraction of sp³-hybridized carbons (Fsp3) is 0.412. The summed E-state index contributed by atoms with van der Waals surface area (Å²) in [5.41, 5.74) is 0.835. The molecule has 136 valence electrons. The van der Waals surface area contributed by atoms with Gasteiger partial charge in [-0.3, -0.25) is 14.4 Å². The molecule has 0 aromatic heterocycles. The third-order valence-corrected chi connectivity index (χ3v) is 3.88. The molecule has 25 heavy (non-hydrogen) atoms. The number of ketones is 1. The van der Waals surface area contributed by atoms with Crippen LogP contribution in [0.2, 0.25) is 0 Å². The number of nitrogens with zero attached hydrogens (tertiary/aromatic N) is 1. The molecule has 0 saturated carbocycles. The summed E-state index contributed by atoms with van der Waals surface area (Å²) in [5, 5.41) is 1.93. The second-order valence-electron chi connectivity index (χ2n) is 5.67. The standard InChI is InChI=1S/C17H22N2O5S/c1-11(20)9-13-5-7-14(8-6-13)24-17(23)25-10-15(18-12(2)21)16(22)19(3)4/h5-8,15H,9-10H2,1-4H3,(H,18,21)/t15-/m1/s1. The zero-order chi connectivity index (χ0) is 19.0. The lowest BCUT2D eigenvalue weighted by Gasteiger charge is -2.20. The number of hydrogen-bond acceptors (Lipinski definition) is 6. The zero-order valence-electron chi connectivity index (χ0n) is 14.7. The highest BCUT2D eigenvalue weighted by Crippen LogP contribution is 2.17. The topological polar surface area (TPSA) is 92.8 Å². The molecule has 7 nitrogen and oxygen atoms in total. The van der Waals surface area contributed by atoms with E-state index in [1.165, 1.54) is 18.7 Å². The van der Waals surface area contributed by atoms with Gasteiger partial charge in [-0.1, -0.05) is 12.1 Å². The highest BCUT2D eigenvalue weighted by Gasteiger charge is 2.23. The molecule has 2 amide bonds. The summed E-state index contributed by atoms with van der Waals surface area (Å²) in [4.78, 5) is 47.5. The Morgan fingerprint density at radius 1 is 1.12 bits per heavy atom. The van der Waals surface area contributed by atoms with Crippen LogP contribution in [0.25, 0.3) is 0 Å². The summed E-state index contributed by atoms with van der Waals surface area (Å²) < 4.78 is 5.17. The van der Waals surface area contributed by atoms with Gasteiger partial charge >= 0.3 is 5.30 Å². The van der Waals surface area contributed by atoms with Crippen molar-refractivity contribution < 1.29 is 23.9 Å². The van der Waals surface area contributed by atoms with Gasteiger partial charge in [0.15, 0.2) is 0 Å². The molecule has 0 aliphatic rings. The highest BCUT2D eigenvalue weighted by atomic mass is 32.2. The van der Waals surface area contributed by atoms with Crippen molar-refractivity contribution in [1.29, 1.82) is 0 Å². The van der Waals surface area contributed by atoms with Crippen molar-refractivity contribution in [3.05, 3.63) is 29.8 Å². The van der Waals surface area contributed by atoms with Crippen molar-refractivity contribution in [3.63, 3.8) is 0 Å². The third kappa shape index (κ3) is 7.84. The van der Waals surface area contributed by atoms with Crippen molar-refractivity contribution in [2.24, 2.45) is 0 Å². The summed E-state index contributed by atoms with van der Waals surface area (Å²) in [5.74, 6) is -0.188. The third-order valence-electron chi connectivity index (χ3n) is 3.06. The molecule has 1 atom stereocenters. The molecule has 0 heterocycles. The molecule has 0 spiro atoms. The van der Waals surface area contributed by atoms with Gasteiger partial charge in [0.2, 0.25) is 11.8 Å². The molecule has 0 aliphatic heterocycles. The minimum Gasteiger partial charge on any atom is -0.418 e. The maximum absolute atomic E-state index is 12.0. The predicted octanol–water partition coefficient (Wildman–Crippen LogP) is 1.64. The molecule has 1 N–H and O–H groups in total. The van der Waals surface area contributed by atoms with E-state index in [9.17, 15) is 19.2 Å². The van der Waals surface area contributed by atoms with E-state index in [-0.39, 0.29) is 23.4 Å². The Morgan fingerprint density at radius 3 is 2.20 bits per heavy atom. The van der Waals surface area contributed by atoms with Crippen molar-refractivity contribution in [1.82, 2.24) is 10.2 Å². The van der Waals surface area contributed by atoms with E-state index >= 15 is 0 Å². The Balaban J connectivity index is 2.58. The molecule has 8 heteroatoms. The molecule has 1 aromatic carbocycles. The van der Waals surface area contributed by atoms with Crippen LogP contribution >= 0.6 is 11.8 Å². The van der Waals surface area contributed by atoms with Crippen LogP contribution in [0.1, 0.15) is 19.4 Å². The molecule has 0 unspecified atom stereocenters. The number of nitrogens with one attached hydrogen (secondary N) is 1. The van der Waals surface area contributed by atoms with Gasteiger partial charge in [-0.2, -0.15) is 0 Å². The lowest BCUT2D eigenvalue weighted by atomic mass is 10.1. The first-order chi connectivity index (χ1) is 11.7. The van der Waals surface area contributed by atoms with E-state index in [1.807, 2.05) is 0 Å². The number of likely N-dealkylation sites (N-methyl/N-ethyl adjacent to an activating group) is 1. The SMILES string of the molecule is CC(=O)Cc1ccc(OC(=O)SC[C@@H](NC(C)=O)C(=O)N(C)C)cc1. The number of rotatable bonds is 7. The van der Waals surface area contributed by atoms with Gasteiger partial charge in [0.25, 0.3) is 0 Å². The van der Waals surface area contributed by atoms with Crippen molar-refractivity contribution in [2.45, 2.75) is 26.3 Å². The van der Waals surface area contributed by atoms with E-state index in [4.69, 9.17) is 4.74 Å². The van der Waals surface area contributed by atoms with Crippen LogP contribution < -0.4 is 10.1 Å². The van der Waals surface area contributed by atoms with E-state index < -0.39 is 11.3 Å². The summed E-state index contributed by atoms with van der Waals surface area (Å²) in [7, 11) is 3.14. The summed E-state index contributed by atoms with van der Waals surface area (Å²) in [6.07, 6.45) is 0.327. The van der Waals surface area contributed by atoms with Crippen LogP contribution in [-0.2, 0) is 20.8 Å². The minimum absolute atomic E-state index is 0.0508. The van der Waals surface area contributed by atoms with Crippen LogP contribution in [0.15, 0.2) is 24.3 Å². The van der Waals surface area contributed by atoms with Gasteiger partial charge in [0, 0.05) is 33.2 Å². The number of carbonyl (C=O) groups is 4. The van der Waals surface area contributed by atoms with E-state index in [0.29, 0.717) is 12.2 Å². The summed E-state index contributed by atoms with van der Waals surface area (Å²) in [6.45, 7) is 2.81. The largest absolute Gasteiger partial charge is 0.418 e. The van der Waals surface area contributed by atoms with Crippen LogP contribution in [-0.4, -0.2) is 53.7 Å². The lowest BCUT2D eigenvalue weighted by molar-refractivity contribution is -0.133. The number of amides is 2. The minimum atomic E-state index is -0.803. The monoisotopic (exact) mass is 366 g/mol. The second kappa shape index (κ2) is 9.83. The van der Waals surface area contributed by atoms with Crippen LogP contribution in [0.3, 0.4) is 0 Å². The van der Waals surface area contributed by atoms with Gasteiger partial charge in [-0.25, -0.2) is 4.79 Å². The van der Waals surface area contributed by atoms with E-state index in [2.05, 4.69) is 5.32 Å². The second-order valence-corrected chi connectivity index (χ2v) is 6.63. The normalized spacial score (nSPS) is 11.4. The molecular formula is C17H22N2O5S. The van der Waals surface area contributed by atoms with Gasteiger partial charge in [0.05, 0.1) is 0 Å². The highest BCUT2D eigenvalue weighted by molar-refractivity contribution is 8.13. The first kappa shape index (κ1) is 20.7. The fourth-order valence-electron chi connectivity index (χ4n) is 1.97. The lowest BCUT2D eigenvalue weighted by Crippen LogP contribution is -2.47. The molecule has 0 radical (unpaired) electrons. The smallest absolute Gasteiger partial charge is 0.372 e. The number of thioether (sulfide) groups is 1. The van der Waals surface area contributed by atoms with Crippen LogP contribution in [0, 0.1) is 0 Å². The Hall–Kier alpha value is -2.35. The number of hydrogen-bond donors (Lipinski definition) is 1. The van der Waals surface area contributed by atoms with Gasteiger partial charge in [-0.05, 0) is 36.4 Å². The Bertz CT molecular complexity index is 643. The molecule has 0 saturated heterocycles. The van der Waals surface area contributed by atoms with Gasteiger partial charge in [0.1, 0.15) is 17.6 Å². The molecular weight excluding hydrogens is 344 g/mol. The summed E-state index contributed by atoms with van der Waals surface area (Å²) in [6, 6.07) is 5.83. The first-order valence-corrected chi connectivity index (χ1v) is 8.59. The van der Waals surface area contributed by atoms with Gasteiger partial charge < -0.3 is 15.0 Å². The Kier molecular flexibility index (Phi) is 8.13. The molecule has 0 fully saturated rings. The van der Waals surface area contributed by atoms with Crippen LogP contribution in [0.4, 0.5) is 4.79 Å². The molecule has 0 bridgehead atoms. The Morgan fingerprint density at radius 2 is 1.72 bits per heavy atom. The zero-order valence-corrected chi connectivity index (χ0v) is 15.5. The fourth-order valence-corrected chi connectivity index (χ4v) is 2.66. The number of benzene rings is 1. The summed E-state index contributed by atoms with van der Waals surface area (Å²) >= 11 is 0.804. The number of Topliss-reactive ketones (excluding diaryl/α,β-unsaturated/α-hetero) is 1. The number of ether oxygens (including phenoxy) is 1. The van der Waals surface area contributed by atoms with Crippen molar-refractivity contribution in [3.8, 4) is 5.75 Å². The van der Waals surface area contributed by atoms with E-state index in [1.54, 1.807) is 38.4 Å². The van der Waals surface area contributed by atoms with Crippen LogP contribution in [0.5, 0.6) is 5.75 Å². The average molecular weight is 366 g/mol. The molecule has 0 aliphatic carbocycles. The maximum Gasteiger partial charge on any atom is 0.372 e. The first-order valence-electron chi connectivity index (χ1n) is 7.60. The molecule has 1 rings (SSSR count). The van der Waals surface area contributed by atoms with Crippen molar-refractivity contribution in [2.75, 3.05) is 19.8 Å². The average Bonchev–Trinajstić information content (AvgIpc) is 2.51. The Labute approximate surface area is 151 Å². The number of carbonyl (C=O) groups excluding carboxylic acids is 4. The van der Waals surface area contributed by atoms with E-state index in [0.717, 1.165) is 17.3 Å². The quantitative estimate of drug-likeness (QED) is 0.738.